The van der Waals surface area contributed by atoms with Gasteiger partial charge in [-0.2, -0.15) is 0 Å². The van der Waals surface area contributed by atoms with Gasteiger partial charge >= 0.3 is 11.9 Å². The predicted molar refractivity (Wildman–Crippen MR) is 67.9 cm³/mol. The highest BCUT2D eigenvalue weighted by Crippen LogP contribution is 2.17. The Balaban J connectivity index is 3.23. The van der Waals surface area contributed by atoms with Crippen molar-refractivity contribution in [2.75, 3.05) is 19.5 Å². The summed E-state index contributed by atoms with van der Waals surface area (Å²) in [7, 11) is 2.43. The van der Waals surface area contributed by atoms with Crippen LogP contribution in [0.2, 0.25) is 0 Å². The van der Waals surface area contributed by atoms with Crippen LogP contribution in [0.4, 0.5) is 5.69 Å². The molecular formula is C13H13NO5. The Kier molecular flexibility index (Phi) is 4.82. The van der Waals surface area contributed by atoms with E-state index in [1.807, 2.05) is 0 Å². The summed E-state index contributed by atoms with van der Waals surface area (Å²) in [6, 6.07) is 4.10. The molecule has 0 unspecified atom stereocenters. The van der Waals surface area contributed by atoms with Crippen molar-refractivity contribution in [3.63, 3.8) is 0 Å². The van der Waals surface area contributed by atoms with Gasteiger partial charge in [-0.15, -0.1) is 0 Å². The summed E-state index contributed by atoms with van der Waals surface area (Å²) >= 11 is 0. The van der Waals surface area contributed by atoms with Gasteiger partial charge in [-0.3, -0.25) is 4.79 Å². The fourth-order valence-corrected chi connectivity index (χ4v) is 1.36. The van der Waals surface area contributed by atoms with Gasteiger partial charge in [0.15, 0.2) is 0 Å². The molecule has 6 nitrogen and oxygen atoms in total. The summed E-state index contributed by atoms with van der Waals surface area (Å²) in [6.07, 6.45) is 1.07. The first kappa shape index (κ1) is 14.4. The molecule has 0 saturated heterocycles. The quantitative estimate of drug-likeness (QED) is 0.655. The molecule has 0 spiro atoms. The number of esters is 2. The van der Waals surface area contributed by atoms with Crippen LogP contribution in [0.1, 0.15) is 20.7 Å². The van der Waals surface area contributed by atoms with Crippen molar-refractivity contribution in [2.24, 2.45) is 0 Å². The van der Waals surface area contributed by atoms with Gasteiger partial charge < -0.3 is 14.8 Å². The number of carbonyl (C=O) groups excluding carboxylic acids is 3. The first-order chi connectivity index (χ1) is 9.01. The van der Waals surface area contributed by atoms with Crippen molar-refractivity contribution >= 4 is 23.5 Å². The molecule has 0 heterocycles. The molecule has 19 heavy (non-hydrogen) atoms. The number of benzene rings is 1. The van der Waals surface area contributed by atoms with Crippen molar-refractivity contribution in [2.45, 2.75) is 0 Å². The van der Waals surface area contributed by atoms with Crippen LogP contribution in [0.15, 0.2) is 30.9 Å². The molecule has 1 aromatic carbocycles. The van der Waals surface area contributed by atoms with Crippen LogP contribution >= 0.6 is 0 Å². The number of nitrogens with one attached hydrogen (secondary N) is 1. The van der Waals surface area contributed by atoms with E-state index in [0.29, 0.717) is 0 Å². The lowest BCUT2D eigenvalue weighted by Crippen LogP contribution is -2.11. The molecular weight excluding hydrogens is 250 g/mol. The molecule has 6 heteroatoms. The van der Waals surface area contributed by atoms with E-state index in [1.165, 1.54) is 32.4 Å². The van der Waals surface area contributed by atoms with Crippen LogP contribution < -0.4 is 5.32 Å². The molecule has 1 N–H and O–H groups in total. The minimum atomic E-state index is -0.625. The molecule has 0 aliphatic carbocycles. The maximum absolute atomic E-state index is 11.5. The number of hydrogen-bond acceptors (Lipinski definition) is 5. The third-order valence-corrected chi connectivity index (χ3v) is 2.23. The number of rotatable bonds is 4. The zero-order valence-electron chi connectivity index (χ0n) is 10.6. The molecule has 1 amide bonds. The van der Waals surface area contributed by atoms with Gasteiger partial charge in [0.1, 0.15) is 0 Å². The predicted octanol–water partition coefficient (Wildman–Crippen LogP) is 1.38. The Hall–Kier alpha value is -2.63. The summed E-state index contributed by atoms with van der Waals surface area (Å²) in [5.41, 5.74) is 0.530. The van der Waals surface area contributed by atoms with Gasteiger partial charge in [0, 0.05) is 5.69 Å². The maximum Gasteiger partial charge on any atom is 0.337 e. The highest BCUT2D eigenvalue weighted by molar-refractivity contribution is 6.02. The van der Waals surface area contributed by atoms with Gasteiger partial charge in [0.2, 0.25) is 5.91 Å². The van der Waals surface area contributed by atoms with Crippen LogP contribution in [0.25, 0.3) is 0 Å². The molecule has 0 saturated carbocycles. The number of ether oxygens (including phenoxy) is 2. The first-order valence-electron chi connectivity index (χ1n) is 5.27. The van der Waals surface area contributed by atoms with E-state index < -0.39 is 17.8 Å². The Bertz CT molecular complexity index is 502. The van der Waals surface area contributed by atoms with Crippen LogP contribution in [-0.4, -0.2) is 32.1 Å². The lowest BCUT2D eigenvalue weighted by molar-refractivity contribution is -0.111. The lowest BCUT2D eigenvalue weighted by Gasteiger charge is -2.08. The largest absolute Gasteiger partial charge is 0.465 e. The second kappa shape index (κ2) is 6.34. The number of methoxy groups -OCH3 is 2. The Morgan fingerprint density at radius 1 is 1.05 bits per heavy atom. The van der Waals surface area contributed by atoms with E-state index in [2.05, 4.69) is 21.4 Å². The average Bonchev–Trinajstić information content (AvgIpc) is 2.44. The molecule has 0 aromatic heterocycles. The van der Waals surface area contributed by atoms with Crippen LogP contribution in [0.3, 0.4) is 0 Å². The number of amides is 1. The van der Waals surface area contributed by atoms with E-state index >= 15 is 0 Å². The maximum atomic E-state index is 11.5. The van der Waals surface area contributed by atoms with Crippen molar-refractivity contribution in [1.82, 2.24) is 0 Å². The van der Waals surface area contributed by atoms with Crippen LogP contribution in [-0.2, 0) is 14.3 Å². The average molecular weight is 263 g/mol. The molecule has 0 fully saturated rings. The van der Waals surface area contributed by atoms with Crippen LogP contribution in [0, 0.1) is 0 Å². The molecule has 0 aliphatic heterocycles. The minimum absolute atomic E-state index is 0.129. The second-order valence-corrected chi connectivity index (χ2v) is 3.48. The fraction of sp³-hybridized carbons (Fsp3) is 0.154. The summed E-state index contributed by atoms with van der Waals surface area (Å²) in [6.45, 7) is 3.31. The summed E-state index contributed by atoms with van der Waals surface area (Å²) in [4.78, 5) is 34.2. The minimum Gasteiger partial charge on any atom is -0.465 e. The van der Waals surface area contributed by atoms with E-state index in [9.17, 15) is 14.4 Å². The number of carbonyl (C=O) groups is 3. The zero-order chi connectivity index (χ0) is 14.4. The smallest absolute Gasteiger partial charge is 0.337 e. The Morgan fingerprint density at radius 2 is 1.53 bits per heavy atom. The van der Waals surface area contributed by atoms with E-state index in [4.69, 9.17) is 0 Å². The summed E-state index contributed by atoms with van der Waals surface area (Å²) in [5.74, 6) is -1.71. The third kappa shape index (κ3) is 3.67. The monoisotopic (exact) mass is 263 g/mol. The molecule has 100 valence electrons. The SMILES string of the molecule is C=CC(=O)Nc1cc(C(=O)OC)cc(C(=O)OC)c1. The van der Waals surface area contributed by atoms with Gasteiger partial charge in [-0.25, -0.2) is 9.59 Å². The third-order valence-electron chi connectivity index (χ3n) is 2.23. The van der Waals surface area contributed by atoms with Crippen molar-refractivity contribution in [3.8, 4) is 0 Å². The van der Waals surface area contributed by atoms with Crippen molar-refractivity contribution in [3.05, 3.63) is 42.0 Å². The zero-order valence-corrected chi connectivity index (χ0v) is 10.6. The van der Waals surface area contributed by atoms with Crippen molar-refractivity contribution < 1.29 is 23.9 Å². The molecule has 1 rings (SSSR count). The topological polar surface area (TPSA) is 81.7 Å². The van der Waals surface area contributed by atoms with Gasteiger partial charge in [0.25, 0.3) is 0 Å². The molecule has 0 bridgehead atoms. The Labute approximate surface area is 110 Å². The van der Waals surface area contributed by atoms with Gasteiger partial charge in [-0.1, -0.05) is 6.58 Å². The summed E-state index contributed by atoms with van der Waals surface area (Å²) < 4.78 is 9.13. The normalized spacial score (nSPS) is 9.37. The van der Waals surface area contributed by atoms with Gasteiger partial charge in [0.05, 0.1) is 25.3 Å². The Morgan fingerprint density at radius 3 is 1.89 bits per heavy atom. The highest BCUT2D eigenvalue weighted by atomic mass is 16.5. The lowest BCUT2D eigenvalue weighted by atomic mass is 10.1. The fourth-order valence-electron chi connectivity index (χ4n) is 1.36. The molecule has 1 aromatic rings. The number of anilines is 1. The van der Waals surface area contributed by atoms with Crippen LogP contribution in [0.5, 0.6) is 0 Å². The number of hydrogen-bond donors (Lipinski definition) is 1. The molecule has 0 atom stereocenters. The highest BCUT2D eigenvalue weighted by Gasteiger charge is 2.14. The van der Waals surface area contributed by atoms with E-state index in [1.54, 1.807) is 0 Å². The van der Waals surface area contributed by atoms with Crippen molar-refractivity contribution in [1.29, 1.82) is 0 Å². The second-order valence-electron chi connectivity index (χ2n) is 3.48. The molecule has 0 aliphatic rings. The first-order valence-corrected chi connectivity index (χ1v) is 5.27. The molecule has 0 radical (unpaired) electrons. The summed E-state index contributed by atoms with van der Waals surface area (Å²) in [5, 5.41) is 2.46. The van der Waals surface area contributed by atoms with Gasteiger partial charge in [-0.05, 0) is 24.3 Å². The standard InChI is InChI=1S/C13H13NO5/c1-4-11(15)14-10-6-8(12(16)18-2)5-9(7-10)13(17)19-3/h4-7H,1H2,2-3H3,(H,14,15). The van der Waals surface area contributed by atoms with E-state index in [0.717, 1.165) is 6.08 Å². The van der Waals surface area contributed by atoms with E-state index in [-0.39, 0.29) is 16.8 Å².